The maximum atomic E-state index is 10.5. The summed E-state index contributed by atoms with van der Waals surface area (Å²) in [6.07, 6.45) is 0.909. The van der Waals surface area contributed by atoms with Crippen LogP contribution in [0.25, 0.3) is 0 Å². The average Bonchev–Trinajstić information content (AvgIpc) is 2.16. The van der Waals surface area contributed by atoms with Crippen molar-refractivity contribution in [2.75, 3.05) is 26.4 Å². The summed E-state index contributed by atoms with van der Waals surface area (Å²) < 4.78 is 10.6. The van der Waals surface area contributed by atoms with Crippen molar-refractivity contribution >= 4 is 17.9 Å². The Morgan fingerprint density at radius 3 is 2.64 bits per heavy atom. The molecule has 0 aliphatic heterocycles. The van der Waals surface area contributed by atoms with Crippen LogP contribution in [0.2, 0.25) is 0 Å². The summed E-state index contributed by atoms with van der Waals surface area (Å²) in [6.45, 7) is 6.32. The summed E-state index contributed by atoms with van der Waals surface area (Å²) in [6, 6.07) is 0. The second kappa shape index (κ2) is 9.30. The molecule has 0 rings (SSSR count). The Morgan fingerprint density at radius 1 is 1.43 bits per heavy atom. The summed E-state index contributed by atoms with van der Waals surface area (Å²) >= 11 is 3.61. The first-order valence-electron chi connectivity index (χ1n) is 4.86. The van der Waals surface area contributed by atoms with E-state index in [1.165, 1.54) is 0 Å². The van der Waals surface area contributed by atoms with Gasteiger partial charge in [-0.1, -0.05) is 19.6 Å². The number of carbonyl (C=O) groups is 1. The smallest absolute Gasteiger partial charge is 0.276 e. The maximum absolute atomic E-state index is 10.5. The van der Waals surface area contributed by atoms with Gasteiger partial charge in [0.15, 0.2) is 0 Å². The molecule has 0 aromatic rings. The minimum atomic E-state index is -0.322. The van der Waals surface area contributed by atoms with Gasteiger partial charge in [0.2, 0.25) is 0 Å². The first-order valence-corrected chi connectivity index (χ1v) is 5.31. The number of amides is 1. The summed E-state index contributed by atoms with van der Waals surface area (Å²) in [5, 5.41) is 2.27. The summed E-state index contributed by atoms with van der Waals surface area (Å²) in [7, 11) is 0. The molecular formula is C9H19NO3S. The lowest BCUT2D eigenvalue weighted by Crippen LogP contribution is -2.31. The molecule has 0 bridgehead atoms. The Balaban J connectivity index is 3.42. The monoisotopic (exact) mass is 221 g/mol. The second-order valence-electron chi connectivity index (χ2n) is 2.78. The molecule has 0 radical (unpaired) electrons. The van der Waals surface area contributed by atoms with Gasteiger partial charge in [0.05, 0.1) is 19.3 Å². The lowest BCUT2D eigenvalue weighted by atomic mass is 10.3. The Morgan fingerprint density at radius 2 is 2.14 bits per heavy atom. The zero-order valence-corrected chi connectivity index (χ0v) is 9.68. The average molecular weight is 221 g/mol. The fourth-order valence-electron chi connectivity index (χ4n) is 0.940. The quantitative estimate of drug-likeness (QED) is 0.482. The third-order valence-electron chi connectivity index (χ3n) is 1.72. The number of ether oxygens (including phenoxy) is 2. The Kier molecular flexibility index (Phi) is 9.13. The fraction of sp³-hybridized carbons (Fsp3) is 0.889. The number of hydrogen-bond acceptors (Lipinski definition) is 3. The molecule has 1 atom stereocenters. The summed E-state index contributed by atoms with van der Waals surface area (Å²) in [5.74, 6) is 0. The SMILES string of the molecule is CCOCCOC(CC)CNC(=O)S. The topological polar surface area (TPSA) is 47.6 Å². The van der Waals surface area contributed by atoms with Crippen LogP contribution in [0, 0.1) is 0 Å². The zero-order valence-electron chi connectivity index (χ0n) is 8.78. The van der Waals surface area contributed by atoms with Crippen LogP contribution >= 0.6 is 12.6 Å². The van der Waals surface area contributed by atoms with Crippen molar-refractivity contribution in [2.45, 2.75) is 26.4 Å². The molecule has 0 saturated carbocycles. The van der Waals surface area contributed by atoms with Crippen LogP contribution in [0.1, 0.15) is 20.3 Å². The van der Waals surface area contributed by atoms with E-state index in [1.807, 2.05) is 13.8 Å². The molecule has 0 aromatic carbocycles. The first kappa shape index (κ1) is 13.7. The van der Waals surface area contributed by atoms with Crippen molar-refractivity contribution in [3.8, 4) is 0 Å². The van der Waals surface area contributed by atoms with Gasteiger partial charge in [-0.3, -0.25) is 4.79 Å². The van der Waals surface area contributed by atoms with E-state index in [2.05, 4.69) is 17.9 Å². The predicted octanol–water partition coefficient (Wildman–Crippen LogP) is 1.46. The number of rotatable bonds is 8. The molecule has 0 heterocycles. The molecule has 1 N–H and O–H groups in total. The highest BCUT2D eigenvalue weighted by Crippen LogP contribution is 1.96. The van der Waals surface area contributed by atoms with Crippen molar-refractivity contribution in [1.82, 2.24) is 5.32 Å². The molecule has 1 amide bonds. The van der Waals surface area contributed by atoms with Gasteiger partial charge in [0.1, 0.15) is 0 Å². The fourth-order valence-corrected chi connectivity index (χ4v) is 1.03. The van der Waals surface area contributed by atoms with E-state index in [-0.39, 0.29) is 11.3 Å². The van der Waals surface area contributed by atoms with E-state index in [0.717, 1.165) is 6.42 Å². The van der Waals surface area contributed by atoms with E-state index in [0.29, 0.717) is 26.4 Å². The van der Waals surface area contributed by atoms with Crippen LogP contribution in [-0.2, 0) is 9.47 Å². The van der Waals surface area contributed by atoms with Gasteiger partial charge < -0.3 is 14.8 Å². The van der Waals surface area contributed by atoms with Gasteiger partial charge in [-0.25, -0.2) is 0 Å². The van der Waals surface area contributed by atoms with E-state index in [9.17, 15) is 4.79 Å². The van der Waals surface area contributed by atoms with Crippen molar-refractivity contribution in [3.05, 3.63) is 0 Å². The normalized spacial score (nSPS) is 12.5. The molecule has 84 valence electrons. The molecule has 14 heavy (non-hydrogen) atoms. The standard InChI is InChI=1S/C9H19NO3S/c1-3-8(7-10-9(11)14)13-6-5-12-4-2/h8H,3-7H2,1-2H3,(H2,10,11,14). The molecule has 0 spiro atoms. The van der Waals surface area contributed by atoms with Crippen molar-refractivity contribution < 1.29 is 14.3 Å². The third-order valence-corrected chi connectivity index (χ3v) is 1.88. The number of thiol groups is 1. The van der Waals surface area contributed by atoms with E-state index in [4.69, 9.17) is 9.47 Å². The minimum Gasteiger partial charge on any atom is -0.379 e. The molecule has 0 aliphatic rings. The molecule has 0 fully saturated rings. The zero-order chi connectivity index (χ0) is 10.8. The van der Waals surface area contributed by atoms with E-state index in [1.54, 1.807) is 0 Å². The van der Waals surface area contributed by atoms with Crippen LogP contribution < -0.4 is 5.32 Å². The van der Waals surface area contributed by atoms with E-state index >= 15 is 0 Å². The van der Waals surface area contributed by atoms with Crippen molar-refractivity contribution in [3.63, 3.8) is 0 Å². The van der Waals surface area contributed by atoms with Crippen molar-refractivity contribution in [1.29, 1.82) is 0 Å². The minimum absolute atomic E-state index is 0.0477. The molecule has 0 aliphatic carbocycles. The first-order chi connectivity index (χ1) is 6.70. The van der Waals surface area contributed by atoms with Gasteiger partial charge >= 0.3 is 0 Å². The van der Waals surface area contributed by atoms with E-state index < -0.39 is 0 Å². The lowest BCUT2D eigenvalue weighted by molar-refractivity contribution is 0.00789. The highest BCUT2D eigenvalue weighted by atomic mass is 32.1. The van der Waals surface area contributed by atoms with Gasteiger partial charge in [-0.05, 0) is 13.3 Å². The molecule has 0 saturated heterocycles. The number of carbonyl (C=O) groups excluding carboxylic acids is 1. The largest absolute Gasteiger partial charge is 0.379 e. The van der Waals surface area contributed by atoms with Crippen LogP contribution in [0.3, 0.4) is 0 Å². The summed E-state index contributed by atoms with van der Waals surface area (Å²) in [4.78, 5) is 10.5. The van der Waals surface area contributed by atoms with Crippen LogP contribution in [0.5, 0.6) is 0 Å². The predicted molar refractivity (Wildman–Crippen MR) is 58.9 cm³/mol. The summed E-state index contributed by atoms with van der Waals surface area (Å²) in [5.41, 5.74) is 0. The molecule has 4 nitrogen and oxygen atoms in total. The molecule has 5 heteroatoms. The molecular weight excluding hydrogens is 202 g/mol. The second-order valence-corrected chi connectivity index (χ2v) is 3.19. The lowest BCUT2D eigenvalue weighted by Gasteiger charge is -2.15. The van der Waals surface area contributed by atoms with Crippen LogP contribution in [0.4, 0.5) is 4.79 Å². The third kappa shape index (κ3) is 8.34. The molecule has 0 aromatic heterocycles. The van der Waals surface area contributed by atoms with Gasteiger partial charge in [0.25, 0.3) is 5.24 Å². The number of hydrogen-bond donors (Lipinski definition) is 2. The van der Waals surface area contributed by atoms with Gasteiger partial charge in [-0.2, -0.15) is 0 Å². The highest BCUT2D eigenvalue weighted by molar-refractivity contribution is 7.96. The van der Waals surface area contributed by atoms with Gasteiger partial charge in [0, 0.05) is 13.2 Å². The Bertz CT molecular complexity index is 155. The van der Waals surface area contributed by atoms with Crippen LogP contribution in [0.15, 0.2) is 0 Å². The number of nitrogens with one attached hydrogen (secondary N) is 1. The Labute approximate surface area is 90.8 Å². The van der Waals surface area contributed by atoms with Crippen LogP contribution in [-0.4, -0.2) is 37.7 Å². The van der Waals surface area contributed by atoms with Gasteiger partial charge in [-0.15, -0.1) is 0 Å². The highest BCUT2D eigenvalue weighted by Gasteiger charge is 2.06. The Hall–Kier alpha value is -0.260. The molecule has 1 unspecified atom stereocenters. The maximum Gasteiger partial charge on any atom is 0.276 e. The van der Waals surface area contributed by atoms with Crippen molar-refractivity contribution in [2.24, 2.45) is 0 Å².